The Morgan fingerprint density at radius 2 is 2.09 bits per heavy atom. The van der Waals surface area contributed by atoms with Crippen molar-refractivity contribution in [3.63, 3.8) is 0 Å². The van der Waals surface area contributed by atoms with E-state index in [0.717, 1.165) is 40.2 Å². The molecule has 0 saturated carbocycles. The highest BCUT2D eigenvalue weighted by atomic mass is 32.1. The van der Waals surface area contributed by atoms with Crippen LogP contribution in [0.5, 0.6) is 0 Å². The summed E-state index contributed by atoms with van der Waals surface area (Å²) < 4.78 is 0. The van der Waals surface area contributed by atoms with Gasteiger partial charge in [0.05, 0.1) is 5.56 Å². The molecule has 0 radical (unpaired) electrons. The molecule has 0 aliphatic heterocycles. The highest BCUT2D eigenvalue weighted by Crippen LogP contribution is 2.39. The highest BCUT2D eigenvalue weighted by Gasteiger charge is 2.20. The van der Waals surface area contributed by atoms with Crippen molar-refractivity contribution in [1.82, 2.24) is 4.98 Å². The molecule has 3 nitrogen and oxygen atoms in total. The van der Waals surface area contributed by atoms with Gasteiger partial charge in [-0.3, -0.25) is 0 Å². The Morgan fingerprint density at radius 1 is 1.26 bits per heavy atom. The van der Waals surface area contributed by atoms with Crippen LogP contribution in [0.2, 0.25) is 0 Å². The number of nitrogens with one attached hydrogen (secondary N) is 1. The van der Waals surface area contributed by atoms with Gasteiger partial charge in [-0.15, -0.1) is 11.3 Å². The van der Waals surface area contributed by atoms with E-state index < -0.39 is 0 Å². The Bertz CT molecular complexity index is 953. The average molecular weight is 319 g/mol. The number of rotatable bonds is 2. The van der Waals surface area contributed by atoms with Crippen molar-refractivity contribution in [3.8, 4) is 6.07 Å². The molecular weight excluding hydrogens is 302 g/mol. The second-order valence-corrected chi connectivity index (χ2v) is 7.05. The molecule has 0 fully saturated rings. The van der Waals surface area contributed by atoms with Gasteiger partial charge in [0.15, 0.2) is 0 Å². The van der Waals surface area contributed by atoms with E-state index in [1.807, 2.05) is 18.3 Å². The molecule has 3 aromatic rings. The summed E-state index contributed by atoms with van der Waals surface area (Å²) >= 11 is 1.69. The molecule has 1 aliphatic carbocycles. The largest absolute Gasteiger partial charge is 0.358 e. The lowest BCUT2D eigenvalue weighted by Gasteiger charge is -2.09. The molecule has 0 bridgehead atoms. The molecule has 0 amide bonds. The number of aryl methyl sites for hydroxylation is 2. The number of thiophene rings is 1. The minimum atomic E-state index is 0.790. The number of nitriles is 1. The summed E-state index contributed by atoms with van der Waals surface area (Å²) in [6, 6.07) is 10.6. The molecule has 0 unspecified atom stereocenters. The van der Waals surface area contributed by atoms with Crippen LogP contribution in [0.1, 0.15) is 40.1 Å². The Balaban J connectivity index is 1.78. The van der Waals surface area contributed by atoms with Gasteiger partial charge in [0.25, 0.3) is 0 Å². The average Bonchev–Trinajstić information content (AvgIpc) is 3.09. The van der Waals surface area contributed by atoms with Gasteiger partial charge >= 0.3 is 0 Å². The summed E-state index contributed by atoms with van der Waals surface area (Å²) in [5, 5.41) is 11.6. The number of para-hydroxylation sites is 1. The molecule has 0 saturated heterocycles. The molecule has 114 valence electrons. The minimum absolute atomic E-state index is 0.790. The maximum atomic E-state index is 9.52. The van der Waals surface area contributed by atoms with Crippen LogP contribution in [0.25, 0.3) is 10.9 Å². The van der Waals surface area contributed by atoms with Crippen LogP contribution in [-0.2, 0) is 12.8 Å². The number of fused-ring (bicyclic) bond motifs is 2. The monoisotopic (exact) mass is 319 g/mol. The van der Waals surface area contributed by atoms with Gasteiger partial charge in [-0.05, 0) is 44.2 Å². The standard InChI is InChI=1S/C19H17N3S/c1-12-16(13-6-2-4-8-17(13)22-12)11-21-19-15(10-20)14-7-3-5-9-18(14)23-19/h2,4,6,8,11,22H,3,5,7,9H2,1H3/b21-11+. The third kappa shape index (κ3) is 2.38. The number of H-pyrrole nitrogens is 1. The smallest absolute Gasteiger partial charge is 0.134 e. The number of hydrogen-bond acceptors (Lipinski definition) is 3. The van der Waals surface area contributed by atoms with Crippen molar-refractivity contribution in [2.24, 2.45) is 4.99 Å². The lowest BCUT2D eigenvalue weighted by atomic mass is 9.96. The lowest BCUT2D eigenvalue weighted by Crippen LogP contribution is -1.99. The summed E-state index contributed by atoms with van der Waals surface area (Å²) in [7, 11) is 0. The number of aromatic amines is 1. The second kappa shape index (κ2) is 5.68. The topological polar surface area (TPSA) is 51.9 Å². The van der Waals surface area contributed by atoms with Crippen molar-refractivity contribution in [2.45, 2.75) is 32.6 Å². The summed E-state index contributed by atoms with van der Waals surface area (Å²) in [5.74, 6) is 0. The Kier molecular flexibility index (Phi) is 3.51. The van der Waals surface area contributed by atoms with Gasteiger partial charge in [0, 0.05) is 33.3 Å². The first kappa shape index (κ1) is 14.2. The normalized spacial score (nSPS) is 14.3. The zero-order valence-corrected chi connectivity index (χ0v) is 13.8. The van der Waals surface area contributed by atoms with Gasteiger partial charge in [-0.25, -0.2) is 4.99 Å². The fraction of sp³-hybridized carbons (Fsp3) is 0.263. The van der Waals surface area contributed by atoms with Crippen molar-refractivity contribution >= 4 is 33.5 Å². The third-order valence-electron chi connectivity index (χ3n) is 4.52. The van der Waals surface area contributed by atoms with E-state index in [4.69, 9.17) is 0 Å². The van der Waals surface area contributed by atoms with E-state index >= 15 is 0 Å². The first-order valence-corrected chi connectivity index (χ1v) is 8.75. The molecule has 1 N–H and O–H groups in total. The lowest BCUT2D eigenvalue weighted by molar-refractivity contribution is 0.696. The molecule has 0 atom stereocenters. The van der Waals surface area contributed by atoms with Crippen LogP contribution in [-0.4, -0.2) is 11.2 Å². The number of aliphatic imine (C=N–C) groups is 1. The molecule has 2 heterocycles. The second-order valence-electron chi connectivity index (χ2n) is 5.97. The minimum Gasteiger partial charge on any atom is -0.358 e. The van der Waals surface area contributed by atoms with E-state index in [1.165, 1.54) is 28.7 Å². The summed E-state index contributed by atoms with van der Waals surface area (Å²) in [6.45, 7) is 2.06. The number of aromatic nitrogens is 1. The maximum absolute atomic E-state index is 9.52. The first-order valence-electron chi connectivity index (χ1n) is 7.94. The molecule has 23 heavy (non-hydrogen) atoms. The van der Waals surface area contributed by atoms with E-state index in [0.29, 0.717) is 0 Å². The fourth-order valence-corrected chi connectivity index (χ4v) is 4.53. The summed E-state index contributed by atoms with van der Waals surface area (Å²) in [6.07, 6.45) is 6.44. The first-order chi connectivity index (χ1) is 11.3. The number of hydrogen-bond donors (Lipinski definition) is 1. The highest BCUT2D eigenvalue weighted by molar-refractivity contribution is 7.16. The van der Waals surface area contributed by atoms with Gasteiger partial charge in [-0.2, -0.15) is 5.26 Å². The molecule has 0 spiro atoms. The Hall–Kier alpha value is -2.38. The van der Waals surface area contributed by atoms with Crippen molar-refractivity contribution in [1.29, 1.82) is 5.26 Å². The SMILES string of the molecule is Cc1[nH]c2ccccc2c1/C=N/c1sc2c(c1C#N)CCCC2. The van der Waals surface area contributed by atoms with Crippen molar-refractivity contribution < 1.29 is 0 Å². The van der Waals surface area contributed by atoms with E-state index in [1.54, 1.807) is 11.3 Å². The van der Waals surface area contributed by atoms with Gasteiger partial charge in [-0.1, -0.05) is 18.2 Å². The van der Waals surface area contributed by atoms with Crippen molar-refractivity contribution in [2.75, 3.05) is 0 Å². The fourth-order valence-electron chi connectivity index (χ4n) is 3.35. The van der Waals surface area contributed by atoms with Crippen LogP contribution < -0.4 is 0 Å². The third-order valence-corrected chi connectivity index (χ3v) is 5.72. The van der Waals surface area contributed by atoms with E-state index in [2.05, 4.69) is 35.1 Å². The molecule has 1 aromatic carbocycles. The van der Waals surface area contributed by atoms with Gasteiger partial charge in [0.1, 0.15) is 11.1 Å². The molecule has 1 aliphatic rings. The maximum Gasteiger partial charge on any atom is 0.134 e. The predicted molar refractivity (Wildman–Crippen MR) is 96.0 cm³/mol. The molecular formula is C19H17N3S. The van der Waals surface area contributed by atoms with Crippen LogP contribution in [0.15, 0.2) is 29.3 Å². The van der Waals surface area contributed by atoms with Crippen molar-refractivity contribution in [3.05, 3.63) is 51.5 Å². The zero-order valence-electron chi connectivity index (χ0n) is 13.0. The number of nitrogens with zero attached hydrogens (tertiary/aromatic N) is 2. The van der Waals surface area contributed by atoms with Crippen LogP contribution in [0.4, 0.5) is 5.00 Å². The summed E-state index contributed by atoms with van der Waals surface area (Å²) in [4.78, 5) is 9.43. The Morgan fingerprint density at radius 3 is 2.96 bits per heavy atom. The zero-order chi connectivity index (χ0) is 15.8. The molecule has 4 heteroatoms. The van der Waals surface area contributed by atoms with Crippen LogP contribution in [0.3, 0.4) is 0 Å². The molecule has 2 aromatic heterocycles. The van der Waals surface area contributed by atoms with E-state index in [9.17, 15) is 5.26 Å². The molecule has 4 rings (SSSR count). The Labute approximate surface area is 139 Å². The predicted octanol–water partition coefficient (Wildman–Crippen LogP) is 5.04. The quantitative estimate of drug-likeness (QED) is 0.661. The van der Waals surface area contributed by atoms with Crippen LogP contribution in [0, 0.1) is 18.3 Å². The number of benzene rings is 1. The van der Waals surface area contributed by atoms with Gasteiger partial charge in [0.2, 0.25) is 0 Å². The van der Waals surface area contributed by atoms with Gasteiger partial charge < -0.3 is 4.98 Å². The van der Waals surface area contributed by atoms with Crippen LogP contribution >= 0.6 is 11.3 Å². The van der Waals surface area contributed by atoms with E-state index in [-0.39, 0.29) is 0 Å². The summed E-state index contributed by atoms with van der Waals surface area (Å²) in [5.41, 5.74) is 5.37.